The lowest BCUT2D eigenvalue weighted by molar-refractivity contribution is -0.385. The Morgan fingerprint density at radius 2 is 2.00 bits per heavy atom. The molecular weight excluding hydrogens is 310 g/mol. The van der Waals surface area contributed by atoms with Crippen LogP contribution in [0.15, 0.2) is 17.1 Å². The zero-order valence-corrected chi connectivity index (χ0v) is 13.2. The molecule has 22 heavy (non-hydrogen) atoms. The van der Waals surface area contributed by atoms with Gasteiger partial charge < -0.3 is 4.90 Å². The Hall–Kier alpha value is -1.89. The van der Waals surface area contributed by atoms with Gasteiger partial charge in [0.2, 0.25) is 5.91 Å². The number of aromatic nitrogens is 1. The van der Waals surface area contributed by atoms with Gasteiger partial charge in [-0.05, 0) is 33.1 Å². The molecule has 2 unspecified atom stereocenters. The van der Waals surface area contributed by atoms with Crippen molar-refractivity contribution in [3.63, 3.8) is 0 Å². The molecule has 0 bridgehead atoms. The Bertz CT molecular complexity index is 648. The first kappa shape index (κ1) is 16.5. The highest BCUT2D eigenvalue weighted by Gasteiger charge is 2.29. The molecule has 7 nitrogen and oxygen atoms in total. The fourth-order valence-corrected chi connectivity index (χ4v) is 3.16. The lowest BCUT2D eigenvalue weighted by atomic mass is 9.97. The smallest absolute Gasteiger partial charge is 0.287 e. The average Bonchev–Trinajstić information content (AvgIpc) is 2.43. The lowest BCUT2D eigenvalue weighted by Crippen LogP contribution is -2.49. The summed E-state index contributed by atoms with van der Waals surface area (Å²) >= 11 is 5.73. The van der Waals surface area contributed by atoms with Crippen LogP contribution in [-0.4, -0.2) is 32.4 Å². The second-order valence-electron chi connectivity index (χ2n) is 5.67. The van der Waals surface area contributed by atoms with Crippen molar-refractivity contribution in [2.75, 3.05) is 0 Å². The summed E-state index contributed by atoms with van der Waals surface area (Å²) in [6, 6.07) is 1.19. The molecule has 1 aromatic rings. The van der Waals surface area contributed by atoms with Crippen LogP contribution >= 0.6 is 11.6 Å². The van der Waals surface area contributed by atoms with Crippen molar-refractivity contribution >= 4 is 23.2 Å². The highest BCUT2D eigenvalue weighted by Crippen LogP contribution is 2.23. The van der Waals surface area contributed by atoms with E-state index in [0.29, 0.717) is 0 Å². The zero-order chi connectivity index (χ0) is 16.4. The monoisotopic (exact) mass is 327 g/mol. The number of carbonyl (C=O) groups is 1. The third kappa shape index (κ3) is 3.30. The Morgan fingerprint density at radius 1 is 1.41 bits per heavy atom. The van der Waals surface area contributed by atoms with Crippen LogP contribution in [-0.2, 0) is 11.3 Å². The Kier molecular flexibility index (Phi) is 4.85. The van der Waals surface area contributed by atoms with Crippen LogP contribution in [0.1, 0.15) is 33.1 Å². The van der Waals surface area contributed by atoms with Crippen molar-refractivity contribution in [3.05, 3.63) is 37.8 Å². The molecule has 1 aliphatic heterocycles. The van der Waals surface area contributed by atoms with E-state index in [2.05, 4.69) is 0 Å². The third-order valence-electron chi connectivity index (χ3n) is 4.03. The number of rotatable bonds is 3. The summed E-state index contributed by atoms with van der Waals surface area (Å²) < 4.78 is 1.01. The maximum atomic E-state index is 12.5. The summed E-state index contributed by atoms with van der Waals surface area (Å²) in [7, 11) is 0. The van der Waals surface area contributed by atoms with Crippen molar-refractivity contribution in [1.29, 1.82) is 0 Å². The minimum absolute atomic E-state index is 0.0983. The maximum absolute atomic E-state index is 12.5. The molecule has 120 valence electrons. The summed E-state index contributed by atoms with van der Waals surface area (Å²) in [5.74, 6) is -0.224. The molecule has 0 aromatic carbocycles. The number of nitro groups is 1. The molecule has 0 saturated carbocycles. The molecule has 2 rings (SSSR count). The third-order valence-corrected chi connectivity index (χ3v) is 4.30. The summed E-state index contributed by atoms with van der Waals surface area (Å²) in [5, 5.41) is 10.6. The van der Waals surface area contributed by atoms with Gasteiger partial charge in [-0.2, -0.15) is 0 Å². The summed E-state index contributed by atoms with van der Waals surface area (Å²) in [6.07, 6.45) is 3.96. The summed E-state index contributed by atoms with van der Waals surface area (Å²) in [5.41, 5.74) is -0.907. The van der Waals surface area contributed by atoms with Crippen LogP contribution < -0.4 is 5.56 Å². The molecule has 1 fully saturated rings. The average molecular weight is 328 g/mol. The Morgan fingerprint density at radius 3 is 2.55 bits per heavy atom. The minimum Gasteiger partial charge on any atom is -0.336 e. The molecule has 0 N–H and O–H groups in total. The molecule has 0 radical (unpaired) electrons. The van der Waals surface area contributed by atoms with Gasteiger partial charge in [-0.25, -0.2) is 0 Å². The number of hydrogen-bond acceptors (Lipinski definition) is 4. The van der Waals surface area contributed by atoms with Gasteiger partial charge >= 0.3 is 0 Å². The number of carbonyl (C=O) groups excluding carboxylic acids is 1. The van der Waals surface area contributed by atoms with Crippen LogP contribution in [0.2, 0.25) is 5.02 Å². The first-order chi connectivity index (χ1) is 10.3. The van der Waals surface area contributed by atoms with Gasteiger partial charge in [0.05, 0.1) is 11.1 Å². The summed E-state index contributed by atoms with van der Waals surface area (Å²) in [4.78, 5) is 36.4. The van der Waals surface area contributed by atoms with Crippen LogP contribution in [0.3, 0.4) is 0 Å². The number of likely N-dealkylation sites (tertiary alicyclic amines) is 1. The second kappa shape index (κ2) is 6.48. The predicted molar refractivity (Wildman–Crippen MR) is 82.0 cm³/mol. The van der Waals surface area contributed by atoms with Crippen molar-refractivity contribution in [2.24, 2.45) is 0 Å². The predicted octanol–water partition coefficient (Wildman–Crippen LogP) is 2.20. The van der Waals surface area contributed by atoms with E-state index < -0.39 is 10.5 Å². The van der Waals surface area contributed by atoms with E-state index in [-0.39, 0.29) is 35.2 Å². The first-order valence-electron chi connectivity index (χ1n) is 7.16. The van der Waals surface area contributed by atoms with Crippen molar-refractivity contribution in [1.82, 2.24) is 9.47 Å². The van der Waals surface area contributed by atoms with Gasteiger partial charge in [0.25, 0.3) is 11.2 Å². The fourth-order valence-electron chi connectivity index (χ4n) is 2.94. The van der Waals surface area contributed by atoms with Crippen molar-refractivity contribution in [3.8, 4) is 0 Å². The molecule has 0 spiro atoms. The Labute approximate surface area is 132 Å². The molecule has 8 heteroatoms. The quantitative estimate of drug-likeness (QED) is 0.629. The highest BCUT2D eigenvalue weighted by atomic mass is 35.5. The van der Waals surface area contributed by atoms with E-state index in [9.17, 15) is 19.7 Å². The number of halogens is 1. The standard InChI is InChI=1S/C14H18ClN3O4/c1-9-4-3-5-10(2)17(9)13(19)8-16-7-11(18(21)22)6-12(15)14(16)20/h6-7,9-10H,3-5,8H2,1-2H3. The van der Waals surface area contributed by atoms with Crippen LogP contribution in [0.25, 0.3) is 0 Å². The first-order valence-corrected chi connectivity index (χ1v) is 7.54. The normalized spacial score (nSPS) is 21.7. The zero-order valence-electron chi connectivity index (χ0n) is 12.5. The number of nitrogens with zero attached hydrogens (tertiary/aromatic N) is 3. The van der Waals surface area contributed by atoms with Crippen molar-refractivity contribution in [2.45, 2.75) is 51.7 Å². The number of pyridine rings is 1. The van der Waals surface area contributed by atoms with Crippen molar-refractivity contribution < 1.29 is 9.72 Å². The van der Waals surface area contributed by atoms with E-state index >= 15 is 0 Å². The number of piperidine rings is 1. The maximum Gasteiger partial charge on any atom is 0.287 e. The van der Waals surface area contributed by atoms with Crippen LogP contribution in [0.4, 0.5) is 5.69 Å². The topological polar surface area (TPSA) is 85.4 Å². The fraction of sp³-hybridized carbons (Fsp3) is 0.571. The molecule has 2 atom stereocenters. The lowest BCUT2D eigenvalue weighted by Gasteiger charge is -2.39. The van der Waals surface area contributed by atoms with Crippen LogP contribution in [0, 0.1) is 10.1 Å². The van der Waals surface area contributed by atoms with E-state index in [4.69, 9.17) is 11.6 Å². The molecule has 1 amide bonds. The molecule has 1 saturated heterocycles. The van der Waals surface area contributed by atoms with Gasteiger partial charge in [-0.1, -0.05) is 11.6 Å². The van der Waals surface area contributed by atoms with Crippen LogP contribution in [0.5, 0.6) is 0 Å². The molecular formula is C14H18ClN3O4. The molecule has 2 heterocycles. The van der Waals surface area contributed by atoms with E-state index in [1.54, 1.807) is 4.90 Å². The highest BCUT2D eigenvalue weighted by molar-refractivity contribution is 6.30. The number of amides is 1. The minimum atomic E-state index is -0.640. The van der Waals surface area contributed by atoms with Gasteiger partial charge in [-0.15, -0.1) is 0 Å². The summed E-state index contributed by atoms with van der Waals surface area (Å²) in [6.45, 7) is 3.70. The molecule has 1 aromatic heterocycles. The van der Waals surface area contributed by atoms with Gasteiger partial charge in [0.1, 0.15) is 11.6 Å². The Balaban J connectivity index is 2.28. The van der Waals surface area contributed by atoms with Gasteiger partial charge in [0, 0.05) is 18.2 Å². The van der Waals surface area contributed by atoms with E-state index in [0.717, 1.165) is 36.1 Å². The second-order valence-corrected chi connectivity index (χ2v) is 6.07. The molecule has 1 aliphatic rings. The number of hydrogen-bond donors (Lipinski definition) is 0. The largest absolute Gasteiger partial charge is 0.336 e. The van der Waals surface area contributed by atoms with E-state index in [1.807, 2.05) is 13.8 Å². The van der Waals surface area contributed by atoms with Gasteiger partial charge in [-0.3, -0.25) is 24.3 Å². The SMILES string of the molecule is CC1CCCC(C)N1C(=O)Cn1cc([N+](=O)[O-])cc(Cl)c1=O. The van der Waals surface area contributed by atoms with E-state index in [1.165, 1.54) is 0 Å². The van der Waals surface area contributed by atoms with Gasteiger partial charge in [0.15, 0.2) is 0 Å². The molecule has 0 aliphatic carbocycles.